The average Bonchev–Trinajstić information content (AvgIpc) is 2.96. The molecule has 0 spiro atoms. The van der Waals surface area contributed by atoms with Crippen LogP contribution in [0.3, 0.4) is 0 Å². The van der Waals surface area contributed by atoms with Crippen LogP contribution in [0.2, 0.25) is 0 Å². The average molecular weight is 285 g/mol. The van der Waals surface area contributed by atoms with Crippen LogP contribution < -0.4 is 4.74 Å². The van der Waals surface area contributed by atoms with E-state index in [1.165, 1.54) is 0 Å². The largest absolute Gasteiger partial charge is 0.497 e. The summed E-state index contributed by atoms with van der Waals surface area (Å²) >= 11 is 0. The minimum atomic E-state index is -0.127. The molecule has 0 radical (unpaired) electrons. The molecule has 1 heterocycles. The smallest absolute Gasteiger partial charge is 0.227 e. The van der Waals surface area contributed by atoms with Crippen LogP contribution >= 0.6 is 0 Å². The molecule has 0 aliphatic heterocycles. The van der Waals surface area contributed by atoms with Gasteiger partial charge in [0, 0.05) is 18.4 Å². The maximum absolute atomic E-state index is 8.92. The van der Waals surface area contributed by atoms with E-state index in [0.29, 0.717) is 24.6 Å². The molecule has 1 unspecified atom stereocenters. The van der Waals surface area contributed by atoms with Crippen molar-refractivity contribution in [2.45, 2.75) is 33.1 Å². The standard InChI is InChI=1S/C16H19N3O2/c1-4-16(2,9-10-17)11-14-18-15(19-21-14)12-5-7-13(20-3)8-6-12/h5-8H,4,9,11H2,1-3H3. The number of nitrogens with zero attached hydrogens (tertiary/aromatic N) is 3. The molecule has 1 aromatic carbocycles. The molecule has 0 fully saturated rings. The van der Waals surface area contributed by atoms with E-state index < -0.39 is 0 Å². The van der Waals surface area contributed by atoms with Gasteiger partial charge in [-0.25, -0.2) is 0 Å². The van der Waals surface area contributed by atoms with Crippen molar-refractivity contribution >= 4 is 0 Å². The van der Waals surface area contributed by atoms with E-state index in [-0.39, 0.29) is 5.41 Å². The van der Waals surface area contributed by atoms with E-state index in [1.54, 1.807) is 7.11 Å². The lowest BCUT2D eigenvalue weighted by Crippen LogP contribution is -2.18. The van der Waals surface area contributed by atoms with Gasteiger partial charge in [-0.1, -0.05) is 19.0 Å². The van der Waals surface area contributed by atoms with E-state index in [4.69, 9.17) is 14.5 Å². The van der Waals surface area contributed by atoms with Crippen LogP contribution in [0.15, 0.2) is 28.8 Å². The van der Waals surface area contributed by atoms with Gasteiger partial charge in [0.05, 0.1) is 13.2 Å². The molecule has 1 atom stereocenters. The zero-order chi connectivity index (χ0) is 15.3. The normalized spacial score (nSPS) is 13.4. The Labute approximate surface area is 124 Å². The first-order valence-electron chi connectivity index (χ1n) is 6.94. The quantitative estimate of drug-likeness (QED) is 0.810. The van der Waals surface area contributed by atoms with E-state index in [2.05, 4.69) is 30.1 Å². The van der Waals surface area contributed by atoms with Crippen molar-refractivity contribution < 1.29 is 9.26 Å². The Morgan fingerprint density at radius 1 is 1.33 bits per heavy atom. The van der Waals surface area contributed by atoms with Gasteiger partial charge >= 0.3 is 0 Å². The molecule has 21 heavy (non-hydrogen) atoms. The molecule has 0 saturated carbocycles. The number of benzene rings is 1. The second-order valence-corrected chi connectivity index (χ2v) is 5.42. The lowest BCUT2D eigenvalue weighted by atomic mass is 9.81. The highest BCUT2D eigenvalue weighted by Gasteiger charge is 2.25. The molecular formula is C16H19N3O2. The molecule has 5 heteroatoms. The monoisotopic (exact) mass is 285 g/mol. The van der Waals surface area contributed by atoms with Gasteiger partial charge in [-0.05, 0) is 36.1 Å². The van der Waals surface area contributed by atoms with Crippen molar-refractivity contribution in [3.8, 4) is 23.2 Å². The Balaban J connectivity index is 2.15. The van der Waals surface area contributed by atoms with Crippen molar-refractivity contribution in [2.75, 3.05) is 7.11 Å². The van der Waals surface area contributed by atoms with Gasteiger partial charge in [0.2, 0.25) is 11.7 Å². The number of rotatable bonds is 6. The summed E-state index contributed by atoms with van der Waals surface area (Å²) in [7, 11) is 1.63. The second-order valence-electron chi connectivity index (χ2n) is 5.42. The maximum Gasteiger partial charge on any atom is 0.227 e. The van der Waals surface area contributed by atoms with Crippen molar-refractivity contribution in [2.24, 2.45) is 5.41 Å². The van der Waals surface area contributed by atoms with Crippen molar-refractivity contribution in [1.29, 1.82) is 5.26 Å². The molecule has 5 nitrogen and oxygen atoms in total. The highest BCUT2D eigenvalue weighted by molar-refractivity contribution is 5.55. The van der Waals surface area contributed by atoms with E-state index >= 15 is 0 Å². The molecule has 0 bridgehead atoms. The number of hydrogen-bond acceptors (Lipinski definition) is 5. The van der Waals surface area contributed by atoms with Gasteiger partial charge in [0.25, 0.3) is 0 Å². The molecule has 0 saturated heterocycles. The predicted molar refractivity (Wildman–Crippen MR) is 78.6 cm³/mol. The summed E-state index contributed by atoms with van der Waals surface area (Å²) in [5.74, 6) is 1.92. The molecule has 110 valence electrons. The third kappa shape index (κ3) is 3.60. The number of ether oxygens (including phenoxy) is 1. The highest BCUT2D eigenvalue weighted by atomic mass is 16.5. The summed E-state index contributed by atoms with van der Waals surface area (Å²) in [5.41, 5.74) is 0.752. The van der Waals surface area contributed by atoms with Crippen LogP contribution in [0.4, 0.5) is 0 Å². The van der Waals surface area contributed by atoms with Crippen LogP contribution in [-0.2, 0) is 6.42 Å². The first-order chi connectivity index (χ1) is 10.1. The molecule has 0 aliphatic carbocycles. The lowest BCUT2D eigenvalue weighted by Gasteiger charge is -2.22. The molecule has 2 aromatic rings. The molecule has 2 rings (SSSR count). The van der Waals surface area contributed by atoms with Crippen LogP contribution in [0.25, 0.3) is 11.4 Å². The highest BCUT2D eigenvalue weighted by Crippen LogP contribution is 2.30. The first-order valence-corrected chi connectivity index (χ1v) is 6.94. The van der Waals surface area contributed by atoms with Gasteiger partial charge in [0.1, 0.15) is 5.75 Å². The number of aromatic nitrogens is 2. The van der Waals surface area contributed by atoms with E-state index in [9.17, 15) is 0 Å². The van der Waals surface area contributed by atoms with Crippen LogP contribution in [0, 0.1) is 16.7 Å². The molecule has 0 aliphatic rings. The third-order valence-electron chi connectivity index (χ3n) is 3.75. The topological polar surface area (TPSA) is 71.9 Å². The summed E-state index contributed by atoms with van der Waals surface area (Å²) in [6, 6.07) is 9.72. The molecular weight excluding hydrogens is 266 g/mol. The van der Waals surface area contributed by atoms with Crippen molar-refractivity contribution in [1.82, 2.24) is 10.1 Å². The SMILES string of the molecule is CCC(C)(CC#N)Cc1nc(-c2ccc(OC)cc2)no1. The summed E-state index contributed by atoms with van der Waals surface area (Å²) in [6.45, 7) is 4.13. The van der Waals surface area contributed by atoms with Gasteiger partial charge in [-0.2, -0.15) is 10.2 Å². The molecule has 0 amide bonds. The van der Waals surface area contributed by atoms with Crippen LogP contribution in [0.1, 0.15) is 32.6 Å². The summed E-state index contributed by atoms with van der Waals surface area (Å²) < 4.78 is 10.4. The fourth-order valence-electron chi connectivity index (χ4n) is 2.05. The minimum absolute atomic E-state index is 0.127. The zero-order valence-electron chi connectivity index (χ0n) is 12.6. The van der Waals surface area contributed by atoms with Crippen molar-refractivity contribution in [3.05, 3.63) is 30.2 Å². The summed E-state index contributed by atoms with van der Waals surface area (Å²) in [4.78, 5) is 4.42. The van der Waals surface area contributed by atoms with E-state index in [1.807, 2.05) is 24.3 Å². The van der Waals surface area contributed by atoms with Gasteiger partial charge < -0.3 is 9.26 Å². The summed E-state index contributed by atoms with van der Waals surface area (Å²) in [5, 5.41) is 12.9. The molecule has 1 aromatic heterocycles. The Morgan fingerprint density at radius 2 is 2.05 bits per heavy atom. The Bertz CT molecular complexity index is 628. The fraction of sp³-hybridized carbons (Fsp3) is 0.438. The Hall–Kier alpha value is -2.35. The van der Waals surface area contributed by atoms with Crippen LogP contribution in [-0.4, -0.2) is 17.3 Å². The Morgan fingerprint density at radius 3 is 2.62 bits per heavy atom. The Kier molecular flexibility index (Phi) is 4.59. The molecule has 0 N–H and O–H groups in total. The van der Waals surface area contributed by atoms with Gasteiger partial charge in [0.15, 0.2) is 0 Å². The van der Waals surface area contributed by atoms with Crippen LogP contribution in [0.5, 0.6) is 5.75 Å². The predicted octanol–water partition coefficient (Wildman–Crippen LogP) is 3.62. The minimum Gasteiger partial charge on any atom is -0.497 e. The number of methoxy groups -OCH3 is 1. The maximum atomic E-state index is 8.92. The lowest BCUT2D eigenvalue weighted by molar-refractivity contribution is 0.266. The second kappa shape index (κ2) is 6.40. The fourth-order valence-corrected chi connectivity index (χ4v) is 2.05. The first kappa shape index (κ1) is 15.0. The van der Waals surface area contributed by atoms with Gasteiger partial charge in [-0.3, -0.25) is 0 Å². The number of hydrogen-bond donors (Lipinski definition) is 0. The summed E-state index contributed by atoms with van der Waals surface area (Å²) in [6.07, 6.45) is 1.98. The number of nitriles is 1. The van der Waals surface area contributed by atoms with Gasteiger partial charge in [-0.15, -0.1) is 0 Å². The van der Waals surface area contributed by atoms with Crippen molar-refractivity contribution in [3.63, 3.8) is 0 Å². The third-order valence-corrected chi connectivity index (χ3v) is 3.75. The van der Waals surface area contributed by atoms with E-state index in [0.717, 1.165) is 17.7 Å². The zero-order valence-corrected chi connectivity index (χ0v) is 12.6.